The van der Waals surface area contributed by atoms with Crippen LogP contribution in [0.15, 0.2) is 58.8 Å². The monoisotopic (exact) mass is 396 g/mol. The molecule has 2 N–H and O–H groups in total. The molecule has 0 unspecified atom stereocenters. The van der Waals surface area contributed by atoms with Crippen molar-refractivity contribution >= 4 is 57.3 Å². The van der Waals surface area contributed by atoms with Gasteiger partial charge in [0.2, 0.25) is 11.6 Å². The molecule has 2 aliphatic heterocycles. The molecular formula is C22H12N4O4. The van der Waals surface area contributed by atoms with E-state index >= 15 is 0 Å². The summed E-state index contributed by atoms with van der Waals surface area (Å²) < 4.78 is 0. The van der Waals surface area contributed by atoms with Crippen molar-refractivity contribution in [2.75, 3.05) is 0 Å². The fourth-order valence-electron chi connectivity index (χ4n) is 3.47. The highest BCUT2D eigenvalue weighted by Gasteiger charge is 2.15. The molecule has 2 aliphatic rings. The molecule has 0 spiro atoms. The third-order valence-electron chi connectivity index (χ3n) is 4.90. The van der Waals surface area contributed by atoms with Crippen LogP contribution in [0.25, 0.3) is 34.0 Å². The van der Waals surface area contributed by atoms with Crippen LogP contribution in [-0.4, -0.2) is 33.3 Å². The molecule has 2 aromatic heterocycles. The number of benzene rings is 2. The van der Waals surface area contributed by atoms with Gasteiger partial charge in [0.25, 0.3) is 0 Å². The van der Waals surface area contributed by atoms with Crippen molar-refractivity contribution in [3.05, 3.63) is 69.9 Å². The van der Waals surface area contributed by atoms with E-state index < -0.39 is 23.4 Å². The standard InChI is InChI=1S/2C11H6N2O2/c2*14-9-5-6-1-2-8-7(3-4-12-8)10(6)13-11(9)15/h2*1-5,12H. The van der Waals surface area contributed by atoms with Gasteiger partial charge in [0.15, 0.2) is 0 Å². The van der Waals surface area contributed by atoms with Gasteiger partial charge in [0, 0.05) is 56.8 Å². The molecule has 4 heterocycles. The first-order valence-electron chi connectivity index (χ1n) is 9.01. The lowest BCUT2D eigenvalue weighted by Crippen LogP contribution is -2.34. The Morgan fingerprint density at radius 1 is 0.567 bits per heavy atom. The van der Waals surface area contributed by atoms with E-state index in [1.165, 1.54) is 12.2 Å². The fraction of sp³-hybridized carbons (Fsp3) is 0. The molecular weight excluding hydrogens is 384 g/mol. The number of amides is 2. The topological polar surface area (TPSA) is 125 Å². The normalized spacial score (nSPS) is 14.7. The lowest BCUT2D eigenvalue weighted by molar-refractivity contribution is -0.132. The number of nitrogens with one attached hydrogen (secondary N) is 2. The Labute approximate surface area is 167 Å². The summed E-state index contributed by atoms with van der Waals surface area (Å²) in [6.45, 7) is 0. The van der Waals surface area contributed by atoms with Crippen molar-refractivity contribution in [2.45, 2.75) is 0 Å². The van der Waals surface area contributed by atoms with Crippen molar-refractivity contribution < 1.29 is 19.2 Å². The average molecular weight is 396 g/mol. The number of carbonyl (C=O) groups is 4. The van der Waals surface area contributed by atoms with E-state index in [1.807, 2.05) is 24.3 Å². The van der Waals surface area contributed by atoms with Crippen molar-refractivity contribution in [3.8, 4) is 0 Å². The Morgan fingerprint density at radius 2 is 1.00 bits per heavy atom. The fourth-order valence-corrected chi connectivity index (χ4v) is 3.47. The van der Waals surface area contributed by atoms with Gasteiger partial charge in [-0.15, -0.1) is 0 Å². The van der Waals surface area contributed by atoms with Crippen molar-refractivity contribution in [2.24, 2.45) is 9.98 Å². The second-order valence-corrected chi connectivity index (χ2v) is 6.74. The summed E-state index contributed by atoms with van der Waals surface area (Å²) in [4.78, 5) is 58.2. The number of hydrogen-bond donors (Lipinski definition) is 2. The van der Waals surface area contributed by atoms with Gasteiger partial charge in [0.1, 0.15) is 0 Å². The molecule has 0 saturated heterocycles. The number of nitrogens with zero attached hydrogens (tertiary/aromatic N) is 2. The predicted molar refractivity (Wildman–Crippen MR) is 107 cm³/mol. The third kappa shape index (κ3) is 2.78. The Kier molecular flexibility index (Phi) is 3.85. The van der Waals surface area contributed by atoms with Gasteiger partial charge in [-0.3, -0.25) is 19.2 Å². The maximum absolute atomic E-state index is 11.2. The molecule has 2 amide bonds. The molecule has 144 valence electrons. The van der Waals surface area contributed by atoms with Gasteiger partial charge in [-0.2, -0.15) is 0 Å². The van der Waals surface area contributed by atoms with Gasteiger partial charge < -0.3 is 9.97 Å². The van der Waals surface area contributed by atoms with E-state index in [9.17, 15) is 19.2 Å². The van der Waals surface area contributed by atoms with Crippen LogP contribution >= 0.6 is 0 Å². The molecule has 4 aromatic rings. The Hall–Kier alpha value is -4.46. The lowest BCUT2D eigenvalue weighted by atomic mass is 10.1. The Morgan fingerprint density at radius 3 is 1.43 bits per heavy atom. The Balaban J connectivity index is 0.000000128. The van der Waals surface area contributed by atoms with Crippen molar-refractivity contribution in [3.63, 3.8) is 0 Å². The summed E-state index contributed by atoms with van der Waals surface area (Å²) in [6.07, 6.45) is 6.22. The lowest BCUT2D eigenvalue weighted by Gasteiger charge is -1.98. The summed E-state index contributed by atoms with van der Waals surface area (Å²) in [6, 6.07) is 11.0. The first kappa shape index (κ1) is 17.6. The zero-order chi connectivity index (χ0) is 20.8. The first-order chi connectivity index (χ1) is 14.5. The van der Waals surface area contributed by atoms with Gasteiger partial charge in [-0.05, 0) is 24.3 Å². The summed E-state index contributed by atoms with van der Waals surface area (Å²) in [5, 5.41) is 4.30. The van der Waals surface area contributed by atoms with E-state index in [-0.39, 0.29) is 0 Å². The summed E-state index contributed by atoms with van der Waals surface area (Å²) in [5.74, 6) is -2.51. The molecule has 2 aromatic carbocycles. The average Bonchev–Trinajstić information content (AvgIpc) is 3.40. The second kappa shape index (κ2) is 6.56. The van der Waals surface area contributed by atoms with Crippen molar-refractivity contribution in [1.29, 1.82) is 0 Å². The van der Waals surface area contributed by atoms with Gasteiger partial charge in [0.05, 0.1) is 10.7 Å². The van der Waals surface area contributed by atoms with Gasteiger partial charge >= 0.3 is 11.8 Å². The van der Waals surface area contributed by atoms with Crippen LogP contribution in [0.3, 0.4) is 0 Å². The summed E-state index contributed by atoms with van der Waals surface area (Å²) in [7, 11) is 0. The highest BCUT2D eigenvalue weighted by Crippen LogP contribution is 2.05. The van der Waals surface area contributed by atoms with Crippen LogP contribution in [0.5, 0.6) is 0 Å². The third-order valence-corrected chi connectivity index (χ3v) is 4.90. The molecule has 0 atom stereocenters. The number of rotatable bonds is 0. The van der Waals surface area contributed by atoms with Crippen LogP contribution in [0, 0.1) is 0 Å². The van der Waals surface area contributed by atoms with E-state index in [1.54, 1.807) is 24.5 Å². The van der Waals surface area contributed by atoms with Crippen molar-refractivity contribution in [1.82, 2.24) is 9.97 Å². The highest BCUT2D eigenvalue weighted by atomic mass is 16.2. The largest absolute Gasteiger partial charge is 0.361 e. The first-order valence-corrected chi connectivity index (χ1v) is 9.01. The minimum Gasteiger partial charge on any atom is -0.361 e. The molecule has 0 bridgehead atoms. The number of aromatic nitrogens is 2. The van der Waals surface area contributed by atoms with Gasteiger partial charge in [-0.1, -0.05) is 12.1 Å². The number of carbonyl (C=O) groups excluding carboxylic acids is 4. The summed E-state index contributed by atoms with van der Waals surface area (Å²) in [5.41, 5.74) is 1.82. The molecule has 6 rings (SSSR count). The zero-order valence-corrected chi connectivity index (χ0v) is 15.3. The van der Waals surface area contributed by atoms with E-state index in [2.05, 4.69) is 20.0 Å². The van der Waals surface area contributed by atoms with Crippen LogP contribution in [-0.2, 0) is 19.2 Å². The van der Waals surface area contributed by atoms with Crippen LogP contribution in [0.1, 0.15) is 0 Å². The minimum absolute atomic E-state index is 0.558. The van der Waals surface area contributed by atoms with E-state index in [0.717, 1.165) is 21.8 Å². The number of fused-ring (bicyclic) bond motifs is 6. The maximum Gasteiger partial charge on any atom is 0.318 e. The number of ketones is 2. The van der Waals surface area contributed by atoms with E-state index in [0.29, 0.717) is 21.2 Å². The number of aromatic amines is 2. The molecule has 8 nitrogen and oxygen atoms in total. The predicted octanol–water partition coefficient (Wildman–Crippen LogP) is -0.645. The second-order valence-electron chi connectivity index (χ2n) is 6.74. The minimum atomic E-state index is -0.698. The van der Waals surface area contributed by atoms with Crippen LogP contribution < -0.4 is 21.2 Å². The molecule has 0 fully saturated rings. The number of H-pyrrole nitrogens is 2. The smallest absolute Gasteiger partial charge is 0.318 e. The maximum atomic E-state index is 11.2. The summed E-state index contributed by atoms with van der Waals surface area (Å²) >= 11 is 0. The van der Waals surface area contributed by atoms with Crippen LogP contribution in [0.4, 0.5) is 0 Å². The number of hydrogen-bond acceptors (Lipinski definition) is 4. The molecule has 0 radical (unpaired) electrons. The van der Waals surface area contributed by atoms with Crippen LogP contribution in [0.2, 0.25) is 0 Å². The molecule has 8 heteroatoms. The highest BCUT2D eigenvalue weighted by molar-refractivity contribution is 6.48. The number of Topliss-reactive ketones (excluding diaryl/α,β-unsaturated/α-hetero) is 2. The molecule has 0 aliphatic carbocycles. The Bertz CT molecular complexity index is 1550. The molecule has 30 heavy (non-hydrogen) atoms. The SMILES string of the molecule is O=C1C=c2ccc3[nH]ccc3c2=NC1=O.O=C1C=c2ccc3[nH]ccc3c2=NC1=O. The quantitative estimate of drug-likeness (QED) is 0.383. The zero-order valence-electron chi connectivity index (χ0n) is 15.3. The van der Waals surface area contributed by atoms with Gasteiger partial charge in [-0.25, -0.2) is 9.98 Å². The van der Waals surface area contributed by atoms with E-state index in [4.69, 9.17) is 0 Å². The molecule has 0 saturated carbocycles.